The molecule has 0 radical (unpaired) electrons. The molecule has 6 rings (SSSR count). The highest BCUT2D eigenvalue weighted by atomic mass is 14.8. The third kappa shape index (κ3) is 4.09. The van der Waals surface area contributed by atoms with E-state index in [1.165, 1.54) is 22.3 Å². The van der Waals surface area contributed by atoms with E-state index in [2.05, 4.69) is 107 Å². The van der Waals surface area contributed by atoms with Crippen LogP contribution in [0.4, 0.5) is 0 Å². The van der Waals surface area contributed by atoms with E-state index in [4.69, 9.17) is 9.98 Å². The number of hydrogen-bond donors (Lipinski definition) is 2. The van der Waals surface area contributed by atoms with Crippen molar-refractivity contribution in [3.05, 3.63) is 127 Å². The molecule has 5 heterocycles. The topological polar surface area (TPSA) is 58.0 Å². The SMILES string of the molecule is C=Cc1c2[nH]c(c1C)/C=C1\N=C(C(CC)=C1C)C(=C1C=CC=C1)c1[n-]c(c(C)c1CC)/C=c1\[nH]/c(c(C=C)c1C)=C\2. The molecule has 1 aliphatic carbocycles. The van der Waals surface area contributed by atoms with Crippen molar-refractivity contribution in [2.45, 2.75) is 54.4 Å². The first kappa shape index (κ1) is 26.6. The molecule has 3 aromatic heterocycles. The fourth-order valence-electron chi connectivity index (χ4n) is 6.46. The van der Waals surface area contributed by atoms with Crippen LogP contribution in [0.3, 0.4) is 0 Å². The molecule has 0 atom stereocenters. The van der Waals surface area contributed by atoms with Gasteiger partial charge in [-0.15, -0.1) is 11.4 Å². The summed E-state index contributed by atoms with van der Waals surface area (Å²) in [6.07, 6.45) is 20.7. The molecule has 0 amide bonds. The molecule has 0 saturated heterocycles. The predicted octanol–water partition coefficient (Wildman–Crippen LogP) is 7.15. The van der Waals surface area contributed by atoms with Crippen LogP contribution in [0, 0.1) is 20.8 Å². The number of rotatable bonds is 4. The van der Waals surface area contributed by atoms with Crippen LogP contribution in [-0.4, -0.2) is 15.7 Å². The second kappa shape index (κ2) is 10.1. The van der Waals surface area contributed by atoms with Crippen LogP contribution in [0.5, 0.6) is 0 Å². The van der Waals surface area contributed by atoms with E-state index in [9.17, 15) is 0 Å². The molecule has 3 aromatic rings. The Kier molecular flexibility index (Phi) is 6.57. The van der Waals surface area contributed by atoms with Crippen molar-refractivity contribution in [2.24, 2.45) is 4.99 Å². The first-order valence-electron chi connectivity index (χ1n) is 14.5. The van der Waals surface area contributed by atoms with Gasteiger partial charge in [0, 0.05) is 33.2 Å². The van der Waals surface area contributed by atoms with Crippen LogP contribution in [0.25, 0.3) is 36.0 Å². The van der Waals surface area contributed by atoms with Gasteiger partial charge in [-0.05, 0) is 86.1 Å². The Balaban J connectivity index is 1.80. The summed E-state index contributed by atoms with van der Waals surface area (Å²) in [7, 11) is 0. The van der Waals surface area contributed by atoms with Gasteiger partial charge >= 0.3 is 0 Å². The summed E-state index contributed by atoms with van der Waals surface area (Å²) in [6.45, 7) is 21.4. The number of aromatic amines is 2. The van der Waals surface area contributed by atoms with E-state index in [1.54, 1.807) is 0 Å². The minimum atomic E-state index is 0.890. The van der Waals surface area contributed by atoms with Crippen molar-refractivity contribution in [1.82, 2.24) is 15.0 Å². The number of nitrogens with zero attached hydrogens (tertiary/aromatic N) is 2. The molecule has 4 nitrogen and oxygen atoms in total. The quantitative estimate of drug-likeness (QED) is 0.365. The summed E-state index contributed by atoms with van der Waals surface area (Å²) in [5, 5.41) is 2.05. The Morgan fingerprint density at radius 3 is 2.20 bits per heavy atom. The molecule has 3 aliphatic rings. The number of fused-ring (bicyclic) bond motifs is 7. The van der Waals surface area contributed by atoms with E-state index in [-0.39, 0.29) is 0 Å². The number of hydrogen-bond acceptors (Lipinski definition) is 1. The van der Waals surface area contributed by atoms with Crippen molar-refractivity contribution >= 4 is 41.7 Å². The van der Waals surface area contributed by atoms with Crippen molar-refractivity contribution in [2.75, 3.05) is 0 Å². The van der Waals surface area contributed by atoms with Crippen LogP contribution in [-0.2, 0) is 6.42 Å². The van der Waals surface area contributed by atoms with E-state index in [0.717, 1.165) is 91.1 Å². The van der Waals surface area contributed by atoms with Crippen LogP contribution in [0.15, 0.2) is 64.9 Å². The number of aromatic nitrogens is 3. The van der Waals surface area contributed by atoms with Gasteiger partial charge in [0.05, 0.1) is 11.4 Å². The Hall–Kier alpha value is -4.57. The fourth-order valence-corrected chi connectivity index (χ4v) is 6.46. The maximum Gasteiger partial charge on any atom is 0.0738 e. The summed E-state index contributed by atoms with van der Waals surface area (Å²) in [5.41, 5.74) is 17.8. The second-order valence-corrected chi connectivity index (χ2v) is 11.0. The first-order valence-corrected chi connectivity index (χ1v) is 14.5. The fraction of sp³-hybridized carbons (Fsp3) is 0.216. The molecule has 0 saturated carbocycles. The highest BCUT2D eigenvalue weighted by Crippen LogP contribution is 2.39. The number of nitrogens with one attached hydrogen (secondary N) is 2. The number of H-pyrrole nitrogens is 2. The van der Waals surface area contributed by atoms with Gasteiger partial charge in [0.2, 0.25) is 0 Å². The zero-order valence-corrected chi connectivity index (χ0v) is 24.9. The average Bonchev–Trinajstić information content (AvgIpc) is 3.76. The average molecular weight is 538 g/mol. The molecule has 2 aliphatic heterocycles. The van der Waals surface area contributed by atoms with Crippen molar-refractivity contribution in [3.8, 4) is 0 Å². The smallest absolute Gasteiger partial charge is 0.0738 e. The van der Waals surface area contributed by atoms with Gasteiger partial charge in [-0.2, -0.15) is 0 Å². The maximum absolute atomic E-state index is 5.35. The lowest BCUT2D eigenvalue weighted by molar-refractivity contribution is 1.11. The second-order valence-electron chi connectivity index (χ2n) is 11.0. The van der Waals surface area contributed by atoms with Crippen LogP contribution < -0.4 is 15.7 Å². The maximum atomic E-state index is 5.35. The zero-order valence-electron chi connectivity index (χ0n) is 24.9. The molecule has 0 unspecified atom stereocenters. The van der Waals surface area contributed by atoms with Gasteiger partial charge in [-0.3, -0.25) is 0 Å². The predicted molar refractivity (Wildman–Crippen MR) is 175 cm³/mol. The van der Waals surface area contributed by atoms with E-state index >= 15 is 0 Å². The Morgan fingerprint density at radius 2 is 1.54 bits per heavy atom. The van der Waals surface area contributed by atoms with Crippen molar-refractivity contribution < 1.29 is 0 Å². The lowest BCUT2D eigenvalue weighted by Gasteiger charge is -2.20. The van der Waals surface area contributed by atoms with Crippen LogP contribution >= 0.6 is 0 Å². The normalized spacial score (nSPS) is 18.7. The molecule has 41 heavy (non-hydrogen) atoms. The third-order valence-corrected chi connectivity index (χ3v) is 8.84. The monoisotopic (exact) mass is 537 g/mol. The number of allylic oxidation sites excluding steroid dienone is 8. The molecular weight excluding hydrogens is 500 g/mol. The first-order chi connectivity index (χ1) is 19.8. The van der Waals surface area contributed by atoms with Gasteiger partial charge in [-0.1, -0.05) is 80.7 Å². The summed E-state index contributed by atoms with van der Waals surface area (Å²) in [6, 6.07) is 0. The molecule has 2 N–H and O–H groups in total. The van der Waals surface area contributed by atoms with Crippen LogP contribution in [0.2, 0.25) is 0 Å². The minimum absolute atomic E-state index is 0.890. The molecule has 4 heteroatoms. The summed E-state index contributed by atoms with van der Waals surface area (Å²) in [5.74, 6) is 0. The molecule has 0 fully saturated rings. The third-order valence-electron chi connectivity index (χ3n) is 8.84. The lowest BCUT2D eigenvalue weighted by Crippen LogP contribution is -2.12. The largest absolute Gasteiger partial charge is 0.657 e. The van der Waals surface area contributed by atoms with Gasteiger partial charge in [0.25, 0.3) is 0 Å². The molecule has 0 aromatic carbocycles. The van der Waals surface area contributed by atoms with Crippen molar-refractivity contribution in [3.63, 3.8) is 0 Å². The van der Waals surface area contributed by atoms with Gasteiger partial charge < -0.3 is 15.0 Å². The van der Waals surface area contributed by atoms with Gasteiger partial charge in [-0.25, -0.2) is 4.99 Å². The molecule has 8 bridgehead atoms. The molecular formula is C37H37N4-. The van der Waals surface area contributed by atoms with E-state index < -0.39 is 0 Å². The summed E-state index contributed by atoms with van der Waals surface area (Å²) >= 11 is 0. The van der Waals surface area contributed by atoms with E-state index in [0.29, 0.717) is 0 Å². The van der Waals surface area contributed by atoms with Crippen molar-refractivity contribution in [1.29, 1.82) is 0 Å². The summed E-state index contributed by atoms with van der Waals surface area (Å²) in [4.78, 5) is 18.1. The molecule has 0 spiro atoms. The molecule has 206 valence electrons. The highest BCUT2D eigenvalue weighted by Gasteiger charge is 2.26. The number of aliphatic imine (C=N–C) groups is 1. The standard InChI is InChI=1S/C37H37N4/c1-9-25-20(5)29-17-31-22(7)27(11-3)36(40-31)35(24-15-13-14-16-24)37-28(12-4)23(8)32(41-37)18-30-21(6)26(10-2)34(39-30)19-33(25)38-29/h9-10,13-19,38-39H,1-2,11-12H2,3-8H3/q-1/b29-17-,32-18-,33-19-. The Labute approximate surface area is 242 Å². The minimum Gasteiger partial charge on any atom is -0.657 e. The zero-order chi connectivity index (χ0) is 29.0. The lowest BCUT2D eigenvalue weighted by atomic mass is 9.90. The Morgan fingerprint density at radius 1 is 0.805 bits per heavy atom. The summed E-state index contributed by atoms with van der Waals surface area (Å²) < 4.78 is 0. The van der Waals surface area contributed by atoms with Gasteiger partial charge in [0.15, 0.2) is 0 Å². The van der Waals surface area contributed by atoms with Gasteiger partial charge in [0.1, 0.15) is 0 Å². The van der Waals surface area contributed by atoms with Crippen LogP contribution in [0.1, 0.15) is 83.3 Å². The highest BCUT2D eigenvalue weighted by molar-refractivity contribution is 6.35. The Bertz CT molecular complexity index is 1950. The van der Waals surface area contributed by atoms with E-state index in [1.807, 2.05) is 12.2 Å².